The summed E-state index contributed by atoms with van der Waals surface area (Å²) in [5.41, 5.74) is 1.02. The van der Waals surface area contributed by atoms with Crippen LogP contribution in [-0.4, -0.2) is 36.8 Å². The number of fused-ring (bicyclic) bond motifs is 1. The number of anilines is 1. The molecular weight excluding hydrogens is 488 g/mol. The number of hydrogen-bond donors (Lipinski definition) is 4. The van der Waals surface area contributed by atoms with E-state index >= 15 is 0 Å². The Morgan fingerprint density at radius 3 is 2.24 bits per heavy atom. The molecule has 0 saturated heterocycles. The van der Waals surface area contributed by atoms with Gasteiger partial charge in [-0.2, -0.15) is 0 Å². The van der Waals surface area contributed by atoms with Gasteiger partial charge in [-0.1, -0.05) is 54.6 Å². The number of H-pyrrole nitrogens is 1. The molecule has 0 radical (unpaired) electrons. The summed E-state index contributed by atoms with van der Waals surface area (Å²) >= 11 is 0. The van der Waals surface area contributed by atoms with Gasteiger partial charge in [-0.15, -0.1) is 0 Å². The second-order valence-electron chi connectivity index (χ2n) is 9.80. The van der Waals surface area contributed by atoms with Gasteiger partial charge < -0.3 is 15.6 Å². The van der Waals surface area contributed by atoms with E-state index in [9.17, 15) is 18.0 Å². The third-order valence-electron chi connectivity index (χ3n) is 5.62. The average Bonchev–Trinajstić information content (AvgIpc) is 3.38. The maximum absolute atomic E-state index is 13.5. The first kappa shape index (κ1) is 26.1. The summed E-state index contributed by atoms with van der Waals surface area (Å²) in [6.07, 6.45) is 1.91. The summed E-state index contributed by atoms with van der Waals surface area (Å²) in [7, 11) is -3.81. The molecule has 4 aromatic rings. The SMILES string of the molecule is CC(C)(C)NS(=O)(=O)c1cccc2c(NC(=O)[C@H](Cc3ccccc3)NC(=O)c3ccc[nH]3)cccc12. The molecule has 0 saturated carbocycles. The number of sulfonamides is 1. The van der Waals surface area contributed by atoms with E-state index in [2.05, 4.69) is 20.3 Å². The molecule has 0 aliphatic heterocycles. The molecule has 1 heterocycles. The van der Waals surface area contributed by atoms with Crippen LogP contribution in [0.5, 0.6) is 0 Å². The Balaban J connectivity index is 1.65. The van der Waals surface area contributed by atoms with Crippen molar-refractivity contribution in [1.29, 1.82) is 0 Å². The molecule has 3 aromatic carbocycles. The number of carbonyl (C=O) groups excluding carboxylic acids is 2. The topological polar surface area (TPSA) is 120 Å². The highest BCUT2D eigenvalue weighted by Gasteiger charge is 2.26. The molecule has 2 amide bonds. The zero-order chi connectivity index (χ0) is 26.6. The monoisotopic (exact) mass is 518 g/mol. The van der Waals surface area contributed by atoms with Crippen LogP contribution < -0.4 is 15.4 Å². The van der Waals surface area contributed by atoms with Crippen molar-refractivity contribution in [1.82, 2.24) is 15.0 Å². The summed E-state index contributed by atoms with van der Waals surface area (Å²) in [6, 6.07) is 21.9. The van der Waals surface area contributed by atoms with E-state index in [-0.39, 0.29) is 11.3 Å². The van der Waals surface area contributed by atoms with Gasteiger partial charge >= 0.3 is 0 Å². The third kappa shape index (κ3) is 6.44. The van der Waals surface area contributed by atoms with Crippen LogP contribution >= 0.6 is 0 Å². The molecule has 192 valence electrons. The third-order valence-corrected chi connectivity index (χ3v) is 7.43. The highest BCUT2D eigenvalue weighted by atomic mass is 32.2. The van der Waals surface area contributed by atoms with Crippen LogP contribution in [0, 0.1) is 0 Å². The highest BCUT2D eigenvalue weighted by molar-refractivity contribution is 7.89. The number of carbonyl (C=O) groups is 2. The highest BCUT2D eigenvalue weighted by Crippen LogP contribution is 2.29. The molecule has 9 heteroatoms. The molecule has 4 rings (SSSR count). The van der Waals surface area contributed by atoms with E-state index in [0.29, 0.717) is 22.2 Å². The van der Waals surface area contributed by atoms with Crippen LogP contribution in [0.3, 0.4) is 0 Å². The van der Waals surface area contributed by atoms with Gasteiger partial charge in [-0.05, 0) is 50.6 Å². The smallest absolute Gasteiger partial charge is 0.268 e. The van der Waals surface area contributed by atoms with Gasteiger partial charge in [0, 0.05) is 34.6 Å². The summed E-state index contributed by atoms with van der Waals surface area (Å²) in [6.45, 7) is 5.32. The van der Waals surface area contributed by atoms with Crippen molar-refractivity contribution >= 4 is 38.3 Å². The Labute approximate surface area is 216 Å². The van der Waals surface area contributed by atoms with Gasteiger partial charge in [-0.25, -0.2) is 13.1 Å². The molecule has 0 aliphatic carbocycles. The van der Waals surface area contributed by atoms with E-state index in [1.807, 2.05) is 30.3 Å². The van der Waals surface area contributed by atoms with Gasteiger partial charge in [-0.3, -0.25) is 9.59 Å². The van der Waals surface area contributed by atoms with E-state index < -0.39 is 33.4 Å². The number of aromatic nitrogens is 1. The number of rotatable bonds is 8. The van der Waals surface area contributed by atoms with E-state index in [0.717, 1.165) is 5.56 Å². The maximum Gasteiger partial charge on any atom is 0.268 e. The Bertz CT molecular complexity index is 1510. The molecule has 0 spiro atoms. The minimum atomic E-state index is -3.81. The van der Waals surface area contributed by atoms with Crippen molar-refractivity contribution in [2.75, 3.05) is 5.32 Å². The maximum atomic E-state index is 13.5. The van der Waals surface area contributed by atoms with Crippen LogP contribution in [0.15, 0.2) is 90.0 Å². The largest absolute Gasteiger partial charge is 0.357 e. The van der Waals surface area contributed by atoms with Crippen LogP contribution in [0.2, 0.25) is 0 Å². The van der Waals surface area contributed by atoms with Crippen LogP contribution in [0.1, 0.15) is 36.8 Å². The van der Waals surface area contributed by atoms with Crippen LogP contribution in [-0.2, 0) is 21.2 Å². The molecule has 1 atom stereocenters. The van der Waals surface area contributed by atoms with Gasteiger partial charge in [0.05, 0.1) is 4.90 Å². The van der Waals surface area contributed by atoms with Crippen molar-refractivity contribution in [2.24, 2.45) is 0 Å². The molecule has 1 aromatic heterocycles. The fraction of sp³-hybridized carbons (Fsp3) is 0.214. The van der Waals surface area contributed by atoms with Gasteiger partial charge in [0.15, 0.2) is 0 Å². The van der Waals surface area contributed by atoms with E-state index in [1.165, 1.54) is 6.07 Å². The zero-order valence-corrected chi connectivity index (χ0v) is 21.7. The summed E-state index contributed by atoms with van der Waals surface area (Å²) < 4.78 is 28.9. The molecule has 0 bridgehead atoms. The summed E-state index contributed by atoms with van der Waals surface area (Å²) in [5, 5.41) is 6.76. The molecule has 8 nitrogen and oxygen atoms in total. The standard InChI is InChI=1S/C28H30N4O4S/c1-28(2,3)32-37(35,36)25-16-8-12-20-21(25)13-7-14-22(20)30-27(34)24(18-19-10-5-4-6-11-19)31-26(33)23-15-9-17-29-23/h4-17,24,29,32H,18H2,1-3H3,(H,30,34)(H,31,33)/t24-/m0/s1. The molecule has 37 heavy (non-hydrogen) atoms. The average molecular weight is 519 g/mol. The minimum absolute atomic E-state index is 0.122. The lowest BCUT2D eigenvalue weighted by molar-refractivity contribution is -0.118. The molecular formula is C28H30N4O4S. The Hall–Kier alpha value is -3.95. The summed E-state index contributed by atoms with van der Waals surface area (Å²) in [5.74, 6) is -0.821. The Kier molecular flexibility index (Phi) is 7.47. The summed E-state index contributed by atoms with van der Waals surface area (Å²) in [4.78, 5) is 29.2. The second kappa shape index (κ2) is 10.6. The number of nitrogens with one attached hydrogen (secondary N) is 4. The number of benzene rings is 3. The minimum Gasteiger partial charge on any atom is -0.357 e. The van der Waals surface area contributed by atoms with E-state index in [1.54, 1.807) is 69.4 Å². The van der Waals surface area contributed by atoms with Crippen LogP contribution in [0.4, 0.5) is 5.69 Å². The lowest BCUT2D eigenvalue weighted by Crippen LogP contribution is -2.45. The van der Waals surface area contributed by atoms with Crippen molar-refractivity contribution in [3.8, 4) is 0 Å². The van der Waals surface area contributed by atoms with Crippen molar-refractivity contribution in [3.63, 3.8) is 0 Å². The first-order chi connectivity index (χ1) is 17.5. The first-order valence-corrected chi connectivity index (χ1v) is 13.4. The van der Waals surface area contributed by atoms with Gasteiger partial charge in [0.1, 0.15) is 11.7 Å². The second-order valence-corrected chi connectivity index (χ2v) is 11.5. The lowest BCUT2D eigenvalue weighted by Gasteiger charge is -2.22. The predicted molar refractivity (Wildman–Crippen MR) is 145 cm³/mol. The Morgan fingerprint density at radius 2 is 1.57 bits per heavy atom. The first-order valence-electron chi connectivity index (χ1n) is 11.9. The zero-order valence-electron chi connectivity index (χ0n) is 20.9. The van der Waals surface area contributed by atoms with Crippen molar-refractivity contribution in [2.45, 2.75) is 43.7 Å². The van der Waals surface area contributed by atoms with Gasteiger partial charge in [0.25, 0.3) is 5.91 Å². The molecule has 0 unspecified atom stereocenters. The fourth-order valence-electron chi connectivity index (χ4n) is 4.07. The fourth-order valence-corrected chi connectivity index (χ4v) is 5.71. The van der Waals surface area contributed by atoms with Crippen molar-refractivity contribution < 1.29 is 18.0 Å². The van der Waals surface area contributed by atoms with Crippen LogP contribution in [0.25, 0.3) is 10.8 Å². The number of amides is 2. The number of aromatic amines is 1. The predicted octanol–water partition coefficient (Wildman–Crippen LogP) is 4.22. The molecule has 0 fully saturated rings. The van der Waals surface area contributed by atoms with Gasteiger partial charge in [0.2, 0.25) is 15.9 Å². The normalized spacial score (nSPS) is 12.7. The lowest BCUT2D eigenvalue weighted by atomic mass is 10.0. The number of hydrogen-bond acceptors (Lipinski definition) is 4. The van der Waals surface area contributed by atoms with E-state index in [4.69, 9.17) is 0 Å². The van der Waals surface area contributed by atoms with Crippen molar-refractivity contribution in [3.05, 3.63) is 96.3 Å². The Morgan fingerprint density at radius 1 is 0.865 bits per heavy atom. The molecule has 0 aliphatic rings. The quantitative estimate of drug-likeness (QED) is 0.279. The molecule has 4 N–H and O–H groups in total.